The molecular weight excluding hydrogens is 212 g/mol. The molecule has 3 nitrogen and oxygen atoms in total. The molecule has 0 aromatic heterocycles. The highest BCUT2D eigenvalue weighted by atomic mass is 16.5. The third-order valence-corrected chi connectivity index (χ3v) is 2.57. The molecule has 0 bridgehead atoms. The highest BCUT2D eigenvalue weighted by Gasteiger charge is 2.12. The normalized spacial score (nSPS) is 14.9. The summed E-state index contributed by atoms with van der Waals surface area (Å²) in [7, 11) is 1.58. The summed E-state index contributed by atoms with van der Waals surface area (Å²) < 4.78 is 5.25. The fourth-order valence-corrected chi connectivity index (χ4v) is 1.68. The van der Waals surface area contributed by atoms with Crippen LogP contribution in [-0.2, 0) is 4.74 Å². The summed E-state index contributed by atoms with van der Waals surface area (Å²) in [5.41, 5.74) is 2.48. The van der Waals surface area contributed by atoms with Gasteiger partial charge in [0.15, 0.2) is 0 Å². The molecule has 1 aliphatic heterocycles. The van der Waals surface area contributed by atoms with Crippen LogP contribution in [0, 0.1) is 11.3 Å². The van der Waals surface area contributed by atoms with Crippen molar-refractivity contribution in [2.75, 3.05) is 7.11 Å². The van der Waals surface area contributed by atoms with Gasteiger partial charge in [-0.2, -0.15) is 5.26 Å². The lowest BCUT2D eigenvalue weighted by Gasteiger charge is -2.08. The van der Waals surface area contributed by atoms with E-state index < -0.39 is 0 Å². The van der Waals surface area contributed by atoms with E-state index in [9.17, 15) is 0 Å². The van der Waals surface area contributed by atoms with E-state index in [0.29, 0.717) is 17.8 Å². The number of nitrogens with zero attached hydrogens (tertiary/aromatic N) is 2. The number of aliphatic imine (C=N–C) groups is 1. The zero-order valence-corrected chi connectivity index (χ0v) is 9.55. The molecule has 0 spiro atoms. The first-order valence-corrected chi connectivity index (χ1v) is 5.31. The van der Waals surface area contributed by atoms with Crippen LogP contribution in [0.1, 0.15) is 12.0 Å². The molecule has 17 heavy (non-hydrogen) atoms. The fourth-order valence-electron chi connectivity index (χ4n) is 1.68. The zero-order valence-electron chi connectivity index (χ0n) is 9.55. The van der Waals surface area contributed by atoms with Gasteiger partial charge in [-0.1, -0.05) is 30.3 Å². The van der Waals surface area contributed by atoms with Gasteiger partial charge in [-0.15, -0.1) is 0 Å². The van der Waals surface area contributed by atoms with Crippen molar-refractivity contribution in [3.05, 3.63) is 59.5 Å². The van der Waals surface area contributed by atoms with Crippen LogP contribution in [0.3, 0.4) is 0 Å². The molecule has 0 saturated heterocycles. The van der Waals surface area contributed by atoms with Gasteiger partial charge in [0.05, 0.1) is 18.4 Å². The first-order valence-electron chi connectivity index (χ1n) is 5.31. The molecule has 1 heterocycles. The van der Waals surface area contributed by atoms with Gasteiger partial charge in [0.1, 0.15) is 11.8 Å². The minimum absolute atomic E-state index is 0.530. The average molecular weight is 224 g/mol. The minimum atomic E-state index is 0.530. The Morgan fingerprint density at radius 2 is 2.06 bits per heavy atom. The van der Waals surface area contributed by atoms with Crippen LogP contribution in [-0.4, -0.2) is 12.8 Å². The monoisotopic (exact) mass is 224 g/mol. The first kappa shape index (κ1) is 11.2. The Hall–Kier alpha value is -2.34. The van der Waals surface area contributed by atoms with Crippen LogP contribution in [0.4, 0.5) is 0 Å². The van der Waals surface area contributed by atoms with E-state index in [0.717, 1.165) is 11.3 Å². The van der Waals surface area contributed by atoms with E-state index in [1.54, 1.807) is 19.4 Å². The van der Waals surface area contributed by atoms with Crippen LogP contribution in [0.25, 0.3) is 0 Å². The quantitative estimate of drug-likeness (QED) is 0.775. The molecule has 0 amide bonds. The summed E-state index contributed by atoms with van der Waals surface area (Å²) in [5.74, 6) is 0.656. The number of rotatable bonds is 2. The molecule has 0 saturated carbocycles. The smallest absolute Gasteiger partial charge is 0.119 e. The summed E-state index contributed by atoms with van der Waals surface area (Å²) in [6.45, 7) is 0. The molecule has 0 atom stereocenters. The maximum Gasteiger partial charge on any atom is 0.119 e. The molecule has 84 valence electrons. The van der Waals surface area contributed by atoms with Gasteiger partial charge < -0.3 is 4.74 Å². The van der Waals surface area contributed by atoms with Crippen LogP contribution in [0.2, 0.25) is 0 Å². The standard InChI is InChI=1S/C14H12N2O/c1-17-14-9-13(11-5-3-2-4-6-11)16-8-7-12(14)10-15/h2-8H,9H2,1H3. The average Bonchev–Trinajstić information content (AvgIpc) is 2.61. The van der Waals surface area contributed by atoms with Crippen molar-refractivity contribution in [2.45, 2.75) is 6.42 Å². The summed E-state index contributed by atoms with van der Waals surface area (Å²) in [4.78, 5) is 4.35. The van der Waals surface area contributed by atoms with E-state index in [1.165, 1.54) is 0 Å². The van der Waals surface area contributed by atoms with E-state index in [2.05, 4.69) is 11.1 Å². The lowest BCUT2D eigenvalue weighted by Crippen LogP contribution is -2.03. The minimum Gasteiger partial charge on any atom is -0.499 e. The number of nitriles is 1. The third-order valence-electron chi connectivity index (χ3n) is 2.57. The fraction of sp³-hybridized carbons (Fsp3) is 0.143. The second-order valence-electron chi connectivity index (χ2n) is 3.59. The van der Waals surface area contributed by atoms with Gasteiger partial charge in [0, 0.05) is 12.6 Å². The lowest BCUT2D eigenvalue weighted by atomic mass is 10.1. The summed E-state index contributed by atoms with van der Waals surface area (Å²) in [6, 6.07) is 12.0. The van der Waals surface area contributed by atoms with Crippen LogP contribution in [0.5, 0.6) is 0 Å². The van der Waals surface area contributed by atoms with Gasteiger partial charge in [0.2, 0.25) is 0 Å². The molecular formula is C14H12N2O. The number of hydrogen-bond donors (Lipinski definition) is 0. The zero-order chi connectivity index (χ0) is 12.1. The Morgan fingerprint density at radius 1 is 1.29 bits per heavy atom. The molecule has 0 aliphatic carbocycles. The van der Waals surface area contributed by atoms with E-state index in [1.807, 2.05) is 30.3 Å². The Morgan fingerprint density at radius 3 is 2.71 bits per heavy atom. The van der Waals surface area contributed by atoms with Gasteiger partial charge >= 0.3 is 0 Å². The number of benzene rings is 1. The Balaban J connectivity index is 2.36. The maximum atomic E-state index is 8.98. The third kappa shape index (κ3) is 2.43. The van der Waals surface area contributed by atoms with Gasteiger partial charge in [-0.25, -0.2) is 0 Å². The van der Waals surface area contributed by atoms with Crippen molar-refractivity contribution in [1.29, 1.82) is 5.26 Å². The summed E-state index contributed by atoms with van der Waals surface area (Å²) in [6.07, 6.45) is 3.86. The van der Waals surface area contributed by atoms with Crippen molar-refractivity contribution in [2.24, 2.45) is 4.99 Å². The molecule has 0 N–H and O–H groups in total. The van der Waals surface area contributed by atoms with E-state index >= 15 is 0 Å². The first-order chi connectivity index (χ1) is 8.35. The Bertz CT molecular complexity index is 533. The highest BCUT2D eigenvalue weighted by molar-refractivity contribution is 6.02. The Labute approximate surface area is 100 Å². The number of allylic oxidation sites excluding steroid dienone is 3. The van der Waals surface area contributed by atoms with Gasteiger partial charge in [-0.3, -0.25) is 4.99 Å². The van der Waals surface area contributed by atoms with Crippen molar-refractivity contribution >= 4 is 5.71 Å². The predicted octanol–water partition coefficient (Wildman–Crippen LogP) is 2.82. The van der Waals surface area contributed by atoms with Crippen LogP contribution < -0.4 is 0 Å². The number of hydrogen-bond acceptors (Lipinski definition) is 3. The molecule has 0 radical (unpaired) electrons. The van der Waals surface area contributed by atoms with Crippen LogP contribution in [0.15, 0.2) is 58.9 Å². The van der Waals surface area contributed by atoms with Gasteiger partial charge in [-0.05, 0) is 11.6 Å². The molecule has 0 unspecified atom stereocenters. The Kier molecular flexibility index (Phi) is 3.37. The molecule has 1 aromatic carbocycles. The lowest BCUT2D eigenvalue weighted by molar-refractivity contribution is 0.285. The molecule has 3 heteroatoms. The number of methoxy groups -OCH3 is 1. The SMILES string of the molecule is COC1=C(C#N)C=CN=C(c2ccccc2)C1. The number of ether oxygens (including phenoxy) is 1. The van der Waals surface area contributed by atoms with Crippen molar-refractivity contribution in [1.82, 2.24) is 0 Å². The largest absolute Gasteiger partial charge is 0.499 e. The molecule has 2 rings (SSSR count). The van der Waals surface area contributed by atoms with Crippen molar-refractivity contribution in [3.8, 4) is 6.07 Å². The second kappa shape index (κ2) is 5.13. The second-order valence-corrected chi connectivity index (χ2v) is 3.59. The summed E-state index contributed by atoms with van der Waals surface area (Å²) >= 11 is 0. The van der Waals surface area contributed by atoms with E-state index in [-0.39, 0.29) is 0 Å². The maximum absolute atomic E-state index is 8.98. The van der Waals surface area contributed by atoms with Crippen molar-refractivity contribution in [3.63, 3.8) is 0 Å². The summed E-state index contributed by atoms with van der Waals surface area (Å²) in [5, 5.41) is 8.98. The molecule has 0 fully saturated rings. The predicted molar refractivity (Wildman–Crippen MR) is 66.4 cm³/mol. The van der Waals surface area contributed by atoms with Crippen LogP contribution >= 0.6 is 0 Å². The highest BCUT2D eigenvalue weighted by Crippen LogP contribution is 2.18. The molecule has 1 aliphatic rings. The molecule has 1 aromatic rings. The topological polar surface area (TPSA) is 45.4 Å². The van der Waals surface area contributed by atoms with E-state index in [4.69, 9.17) is 10.00 Å². The van der Waals surface area contributed by atoms with Crippen molar-refractivity contribution < 1.29 is 4.74 Å². The van der Waals surface area contributed by atoms with Gasteiger partial charge in [0.25, 0.3) is 0 Å².